The van der Waals surface area contributed by atoms with Crippen molar-refractivity contribution in [3.8, 4) is 0 Å². The van der Waals surface area contributed by atoms with Crippen LogP contribution in [0.15, 0.2) is 49.2 Å². The van der Waals surface area contributed by atoms with Gasteiger partial charge in [0.25, 0.3) is 5.91 Å². The number of rotatable bonds is 6. The van der Waals surface area contributed by atoms with Crippen molar-refractivity contribution in [3.05, 3.63) is 60.4 Å². The number of alkyl halides is 1. The Balaban J connectivity index is 1.24. The van der Waals surface area contributed by atoms with Gasteiger partial charge >= 0.3 is 0 Å². The third-order valence-electron chi connectivity index (χ3n) is 6.11. The van der Waals surface area contributed by atoms with Gasteiger partial charge in [-0.05, 0) is 18.1 Å². The van der Waals surface area contributed by atoms with Crippen molar-refractivity contribution in [2.45, 2.75) is 44.6 Å². The van der Waals surface area contributed by atoms with Crippen molar-refractivity contribution in [3.63, 3.8) is 0 Å². The van der Waals surface area contributed by atoms with E-state index in [0.29, 0.717) is 19.6 Å². The molecular formula is C22H24FN7O2. The summed E-state index contributed by atoms with van der Waals surface area (Å²) in [5, 5.41) is 8.13. The van der Waals surface area contributed by atoms with Gasteiger partial charge in [-0.25, -0.2) is 14.1 Å². The molecule has 3 aromatic rings. The van der Waals surface area contributed by atoms with Crippen LogP contribution < -0.4 is 4.90 Å². The zero-order valence-corrected chi connectivity index (χ0v) is 17.5. The number of halogens is 1. The smallest absolute Gasteiger partial charge is 0.280 e. The first-order valence-corrected chi connectivity index (χ1v) is 10.8. The van der Waals surface area contributed by atoms with Crippen LogP contribution in [0.1, 0.15) is 28.9 Å². The van der Waals surface area contributed by atoms with Crippen LogP contribution in [-0.2, 0) is 24.3 Å². The van der Waals surface area contributed by atoms with Crippen LogP contribution in [0, 0.1) is 0 Å². The summed E-state index contributed by atoms with van der Waals surface area (Å²) in [6.07, 6.45) is 6.95. The van der Waals surface area contributed by atoms with E-state index in [1.54, 1.807) is 34.7 Å². The summed E-state index contributed by atoms with van der Waals surface area (Å²) in [5.74, 6) is -0.307. The molecule has 0 N–H and O–H groups in total. The molecule has 166 valence electrons. The number of amides is 2. The number of imidazole rings is 1. The van der Waals surface area contributed by atoms with E-state index < -0.39 is 6.17 Å². The Labute approximate surface area is 184 Å². The Morgan fingerprint density at radius 2 is 2.09 bits per heavy atom. The molecule has 0 radical (unpaired) electrons. The molecule has 9 nitrogen and oxygen atoms in total. The van der Waals surface area contributed by atoms with E-state index in [2.05, 4.69) is 15.3 Å². The highest BCUT2D eigenvalue weighted by Crippen LogP contribution is 2.28. The van der Waals surface area contributed by atoms with Crippen molar-refractivity contribution in [1.82, 2.24) is 29.4 Å². The van der Waals surface area contributed by atoms with Crippen molar-refractivity contribution in [2.24, 2.45) is 0 Å². The minimum absolute atomic E-state index is 0.0818. The molecule has 2 unspecified atom stereocenters. The maximum Gasteiger partial charge on any atom is 0.280 e. The molecule has 2 atom stereocenters. The number of carbonyl (C=O) groups is 2. The van der Waals surface area contributed by atoms with E-state index in [4.69, 9.17) is 0 Å². The molecule has 1 aromatic carbocycles. The third kappa shape index (κ3) is 4.00. The maximum atomic E-state index is 14.2. The Hall–Kier alpha value is -3.56. The third-order valence-corrected chi connectivity index (χ3v) is 6.11. The van der Waals surface area contributed by atoms with Gasteiger partial charge in [0.05, 0.1) is 31.7 Å². The number of hydrogen-bond donors (Lipinski definition) is 0. The van der Waals surface area contributed by atoms with E-state index in [0.717, 1.165) is 17.7 Å². The zero-order valence-electron chi connectivity index (χ0n) is 17.5. The largest absolute Gasteiger partial charge is 0.337 e. The molecule has 2 amide bonds. The monoisotopic (exact) mass is 437 g/mol. The fourth-order valence-electron chi connectivity index (χ4n) is 4.51. The molecule has 0 spiro atoms. The number of hydrogen-bond acceptors (Lipinski definition) is 5. The first kappa shape index (κ1) is 20.3. The predicted octanol–water partition coefficient (Wildman–Crippen LogP) is 1.71. The van der Waals surface area contributed by atoms with Crippen molar-refractivity contribution in [1.29, 1.82) is 0 Å². The standard InChI is InChI=1S/C22H24FN7O2/c23-17-11-18(30(12-17)21(31)6-8-27-10-7-24-15-27)13-28-14-19(25-26-28)22(32)29-9-5-16-3-1-2-4-20(16)29/h1-4,7,10,14-15,17-18H,5-6,8-9,11-13H2. The quantitative estimate of drug-likeness (QED) is 0.586. The number of aryl methyl sites for hydroxylation is 1. The van der Waals surface area contributed by atoms with E-state index in [1.807, 2.05) is 28.8 Å². The van der Waals surface area contributed by atoms with E-state index in [1.165, 1.54) is 4.68 Å². The number of likely N-dealkylation sites (tertiary alicyclic amines) is 1. The van der Waals surface area contributed by atoms with Crippen LogP contribution in [0.4, 0.5) is 10.1 Å². The number of nitrogens with zero attached hydrogens (tertiary/aromatic N) is 7. The Morgan fingerprint density at radius 3 is 2.94 bits per heavy atom. The number of carbonyl (C=O) groups excluding carboxylic acids is 2. The number of benzene rings is 1. The first-order chi connectivity index (χ1) is 15.6. The molecule has 0 saturated carbocycles. The number of para-hydroxylation sites is 1. The van der Waals surface area contributed by atoms with Crippen molar-refractivity contribution < 1.29 is 14.0 Å². The van der Waals surface area contributed by atoms with Crippen LogP contribution in [-0.4, -0.2) is 66.6 Å². The highest BCUT2D eigenvalue weighted by Gasteiger charge is 2.36. The highest BCUT2D eigenvalue weighted by molar-refractivity contribution is 6.05. The second kappa shape index (κ2) is 8.52. The SMILES string of the molecule is O=C(c1cn(CC2CC(F)CN2C(=O)CCn2ccnc2)nn1)N1CCc2ccccc21. The summed E-state index contributed by atoms with van der Waals surface area (Å²) in [5.41, 5.74) is 2.28. The minimum atomic E-state index is -1.07. The van der Waals surface area contributed by atoms with Gasteiger partial charge in [-0.2, -0.15) is 0 Å². The number of aromatic nitrogens is 5. The fraction of sp³-hybridized carbons (Fsp3) is 0.409. The summed E-state index contributed by atoms with van der Waals surface area (Å²) < 4.78 is 17.5. The minimum Gasteiger partial charge on any atom is -0.337 e. The lowest BCUT2D eigenvalue weighted by molar-refractivity contribution is -0.132. The van der Waals surface area contributed by atoms with E-state index in [-0.39, 0.29) is 42.9 Å². The lowest BCUT2D eigenvalue weighted by Crippen LogP contribution is -2.38. The van der Waals surface area contributed by atoms with Crippen molar-refractivity contribution >= 4 is 17.5 Å². The van der Waals surface area contributed by atoms with Crippen LogP contribution in [0.25, 0.3) is 0 Å². The first-order valence-electron chi connectivity index (χ1n) is 10.8. The topological polar surface area (TPSA) is 89.2 Å². The summed E-state index contributed by atoms with van der Waals surface area (Å²) in [6, 6.07) is 7.50. The van der Waals surface area contributed by atoms with Crippen LogP contribution >= 0.6 is 0 Å². The van der Waals surface area contributed by atoms with Crippen LogP contribution in [0.3, 0.4) is 0 Å². The van der Waals surface area contributed by atoms with Gasteiger partial charge in [0.15, 0.2) is 5.69 Å². The van der Waals surface area contributed by atoms with E-state index in [9.17, 15) is 14.0 Å². The summed E-state index contributed by atoms with van der Waals surface area (Å²) in [7, 11) is 0. The van der Waals surface area contributed by atoms with Gasteiger partial charge in [-0.15, -0.1) is 5.10 Å². The predicted molar refractivity (Wildman–Crippen MR) is 114 cm³/mol. The molecule has 10 heteroatoms. The lowest BCUT2D eigenvalue weighted by atomic mass is 10.2. The summed E-state index contributed by atoms with van der Waals surface area (Å²) >= 11 is 0. The molecule has 1 fully saturated rings. The van der Waals surface area contributed by atoms with Crippen LogP contribution in [0.2, 0.25) is 0 Å². The Kier molecular flexibility index (Phi) is 5.42. The normalized spacial score (nSPS) is 20.0. The molecule has 1 saturated heterocycles. The summed E-state index contributed by atoms with van der Waals surface area (Å²) in [4.78, 5) is 32.9. The number of anilines is 1. The second-order valence-corrected chi connectivity index (χ2v) is 8.24. The molecule has 0 aliphatic carbocycles. The summed E-state index contributed by atoms with van der Waals surface area (Å²) in [6.45, 7) is 1.49. The van der Waals surface area contributed by atoms with Gasteiger partial charge < -0.3 is 14.4 Å². The van der Waals surface area contributed by atoms with Crippen molar-refractivity contribution in [2.75, 3.05) is 18.0 Å². The van der Waals surface area contributed by atoms with Gasteiger partial charge in [0.1, 0.15) is 6.17 Å². The average Bonchev–Trinajstić information content (AvgIpc) is 3.58. The van der Waals surface area contributed by atoms with E-state index >= 15 is 0 Å². The molecule has 4 heterocycles. The maximum absolute atomic E-state index is 14.2. The van der Waals surface area contributed by atoms with Gasteiger partial charge in [-0.3, -0.25) is 9.59 Å². The molecule has 0 bridgehead atoms. The second-order valence-electron chi connectivity index (χ2n) is 8.24. The lowest BCUT2D eigenvalue weighted by Gasteiger charge is -2.24. The molecule has 2 aliphatic heterocycles. The zero-order chi connectivity index (χ0) is 22.1. The fourth-order valence-corrected chi connectivity index (χ4v) is 4.51. The highest BCUT2D eigenvalue weighted by atomic mass is 19.1. The molecule has 5 rings (SSSR count). The molecule has 2 aliphatic rings. The molecular weight excluding hydrogens is 413 g/mol. The average molecular weight is 437 g/mol. The molecule has 2 aromatic heterocycles. The van der Waals surface area contributed by atoms with Gasteiger partial charge in [0, 0.05) is 44.0 Å². The number of fused-ring (bicyclic) bond motifs is 1. The van der Waals surface area contributed by atoms with Gasteiger partial charge in [-0.1, -0.05) is 23.4 Å². The Bertz CT molecular complexity index is 1110. The Morgan fingerprint density at radius 1 is 1.22 bits per heavy atom. The van der Waals surface area contributed by atoms with Crippen LogP contribution in [0.5, 0.6) is 0 Å². The molecule has 32 heavy (non-hydrogen) atoms. The van der Waals surface area contributed by atoms with Gasteiger partial charge in [0.2, 0.25) is 5.91 Å².